The highest BCUT2D eigenvalue weighted by molar-refractivity contribution is 5.78. The minimum atomic E-state index is -0.0648. The van der Waals surface area contributed by atoms with Gasteiger partial charge in [0.25, 0.3) is 6.54 Å². The van der Waals surface area contributed by atoms with Crippen molar-refractivity contribution in [2.75, 3.05) is 12.3 Å². The summed E-state index contributed by atoms with van der Waals surface area (Å²) in [6, 6.07) is 21.7. The van der Waals surface area contributed by atoms with E-state index >= 15 is 0 Å². The zero-order valence-corrected chi connectivity index (χ0v) is 15.7. The summed E-state index contributed by atoms with van der Waals surface area (Å²) in [4.78, 5) is 12.7. The van der Waals surface area contributed by atoms with E-state index in [2.05, 4.69) is 9.94 Å². The lowest BCUT2D eigenvalue weighted by Gasteiger charge is -2.01. The van der Waals surface area contributed by atoms with Crippen LogP contribution in [0.1, 0.15) is 18.2 Å². The van der Waals surface area contributed by atoms with Crippen molar-refractivity contribution in [3.63, 3.8) is 0 Å². The molecule has 0 radical (unpaired) electrons. The van der Waals surface area contributed by atoms with Crippen molar-refractivity contribution in [2.45, 2.75) is 20.4 Å². The molecule has 0 saturated heterocycles. The van der Waals surface area contributed by atoms with Crippen LogP contribution in [-0.2, 0) is 11.3 Å². The average Bonchev–Trinajstić information content (AvgIpc) is 3.02. The number of anilines is 1. The molecule has 4 N–H and O–H groups in total. The van der Waals surface area contributed by atoms with Gasteiger partial charge in [0, 0.05) is 19.5 Å². The summed E-state index contributed by atoms with van der Waals surface area (Å²) < 4.78 is 1.73. The fourth-order valence-corrected chi connectivity index (χ4v) is 2.02. The predicted molar refractivity (Wildman–Crippen MR) is 109 cm³/mol. The molecule has 0 atom stereocenters. The standard InChI is InChI=1S/C10H11N3.C7H9N.C4H5NO/c1-8-7-10(11)13(12-8)9-5-3-2-4-6-9;8-6-7-4-2-1-3-5-7;1-4(6)3-5-2/h2-7H,11H2,1H3;1-5H,6,8H2;3H2,1H3. The Morgan fingerprint density at radius 1 is 1.11 bits per heavy atom. The Kier molecular flexibility index (Phi) is 9.61. The Hall–Kier alpha value is -3.43. The van der Waals surface area contributed by atoms with Crippen LogP contribution in [0, 0.1) is 13.5 Å². The number of para-hydroxylation sites is 1. The van der Waals surface area contributed by atoms with Crippen LogP contribution in [0.15, 0.2) is 66.7 Å². The molecule has 0 aliphatic rings. The van der Waals surface area contributed by atoms with Crippen LogP contribution in [-0.4, -0.2) is 22.1 Å². The van der Waals surface area contributed by atoms with Crippen molar-refractivity contribution in [1.29, 1.82) is 0 Å². The van der Waals surface area contributed by atoms with Crippen LogP contribution in [0.4, 0.5) is 5.82 Å². The number of aryl methyl sites for hydroxylation is 1. The van der Waals surface area contributed by atoms with E-state index in [1.165, 1.54) is 12.5 Å². The smallest absolute Gasteiger partial charge is 0.271 e. The molecule has 1 heterocycles. The highest BCUT2D eigenvalue weighted by atomic mass is 16.1. The number of hydrogen-bond donors (Lipinski definition) is 2. The lowest BCUT2D eigenvalue weighted by atomic mass is 10.2. The number of benzene rings is 2. The van der Waals surface area contributed by atoms with Gasteiger partial charge >= 0.3 is 0 Å². The molecule has 0 bridgehead atoms. The van der Waals surface area contributed by atoms with E-state index in [-0.39, 0.29) is 12.3 Å². The van der Waals surface area contributed by atoms with E-state index in [0.717, 1.165) is 11.4 Å². The molecule has 6 heteroatoms. The number of nitrogens with zero attached hydrogens (tertiary/aromatic N) is 3. The molecule has 0 fully saturated rings. The van der Waals surface area contributed by atoms with Crippen LogP contribution in [0.2, 0.25) is 0 Å². The monoisotopic (exact) mass is 363 g/mol. The Bertz CT molecular complexity index is 851. The van der Waals surface area contributed by atoms with E-state index < -0.39 is 0 Å². The van der Waals surface area contributed by atoms with Gasteiger partial charge in [-0.25, -0.2) is 11.3 Å². The highest BCUT2D eigenvalue weighted by Gasteiger charge is 2.02. The molecular weight excluding hydrogens is 338 g/mol. The second-order valence-corrected chi connectivity index (χ2v) is 5.67. The van der Waals surface area contributed by atoms with E-state index in [9.17, 15) is 4.79 Å². The van der Waals surface area contributed by atoms with Gasteiger partial charge in [-0.1, -0.05) is 48.5 Å². The van der Waals surface area contributed by atoms with E-state index in [1.807, 2.05) is 73.7 Å². The molecule has 0 saturated carbocycles. The summed E-state index contributed by atoms with van der Waals surface area (Å²) >= 11 is 0. The Morgan fingerprint density at radius 3 is 2.00 bits per heavy atom. The molecule has 3 rings (SSSR count). The van der Waals surface area contributed by atoms with Gasteiger partial charge < -0.3 is 16.3 Å². The number of hydrogen-bond acceptors (Lipinski definition) is 4. The zero-order valence-electron chi connectivity index (χ0n) is 15.7. The van der Waals surface area contributed by atoms with Crippen molar-refractivity contribution < 1.29 is 4.79 Å². The fraction of sp³-hybridized carbons (Fsp3) is 0.190. The fourth-order valence-electron chi connectivity index (χ4n) is 2.02. The van der Waals surface area contributed by atoms with Gasteiger partial charge in [0.15, 0.2) is 0 Å². The second kappa shape index (κ2) is 12.0. The van der Waals surface area contributed by atoms with Gasteiger partial charge in [-0.05, 0) is 24.6 Å². The van der Waals surface area contributed by atoms with Gasteiger partial charge in [-0.15, -0.1) is 0 Å². The summed E-state index contributed by atoms with van der Waals surface area (Å²) in [6.45, 7) is 10.1. The van der Waals surface area contributed by atoms with E-state index in [0.29, 0.717) is 12.4 Å². The van der Waals surface area contributed by atoms with Crippen LogP contribution in [0.3, 0.4) is 0 Å². The summed E-state index contributed by atoms with van der Waals surface area (Å²) in [5, 5.41) is 4.27. The van der Waals surface area contributed by atoms with E-state index in [4.69, 9.17) is 18.0 Å². The van der Waals surface area contributed by atoms with Crippen molar-refractivity contribution in [3.05, 3.63) is 89.4 Å². The molecule has 0 aliphatic heterocycles. The Morgan fingerprint density at radius 2 is 1.67 bits per heavy atom. The molecule has 1 aromatic heterocycles. The number of aromatic nitrogens is 2. The molecule has 27 heavy (non-hydrogen) atoms. The number of nitrogens with two attached hydrogens (primary N) is 2. The maximum Gasteiger partial charge on any atom is 0.271 e. The number of Topliss-reactive ketones (excluding diaryl/α,β-unsaturated/α-hetero) is 1. The normalized spacial score (nSPS) is 9.11. The van der Waals surface area contributed by atoms with E-state index in [1.54, 1.807) is 4.68 Å². The number of rotatable bonds is 3. The quantitative estimate of drug-likeness (QED) is 0.698. The zero-order chi connectivity index (χ0) is 20.1. The molecule has 140 valence electrons. The van der Waals surface area contributed by atoms with Crippen LogP contribution in [0.25, 0.3) is 10.5 Å². The molecule has 0 spiro atoms. The maximum atomic E-state index is 9.83. The van der Waals surface area contributed by atoms with Crippen molar-refractivity contribution in [3.8, 4) is 5.69 Å². The first-order valence-corrected chi connectivity index (χ1v) is 8.42. The van der Waals surface area contributed by atoms with Crippen LogP contribution < -0.4 is 11.5 Å². The van der Waals surface area contributed by atoms with Crippen LogP contribution >= 0.6 is 0 Å². The van der Waals surface area contributed by atoms with Crippen molar-refractivity contribution >= 4 is 11.6 Å². The minimum Gasteiger partial charge on any atom is -0.384 e. The third-order valence-electron chi connectivity index (χ3n) is 3.24. The topological polar surface area (TPSA) is 91.3 Å². The molecule has 3 aromatic rings. The molecule has 0 amide bonds. The maximum absolute atomic E-state index is 9.83. The second-order valence-electron chi connectivity index (χ2n) is 5.67. The highest BCUT2D eigenvalue weighted by Crippen LogP contribution is 2.12. The Labute approximate surface area is 160 Å². The van der Waals surface area contributed by atoms with Crippen molar-refractivity contribution in [2.24, 2.45) is 5.73 Å². The molecular formula is C21H25N5O. The average molecular weight is 363 g/mol. The third-order valence-corrected chi connectivity index (χ3v) is 3.24. The number of ketones is 1. The first kappa shape index (κ1) is 21.6. The Balaban J connectivity index is 0.000000224. The van der Waals surface area contributed by atoms with Crippen LogP contribution in [0.5, 0.6) is 0 Å². The number of nitrogen functional groups attached to an aromatic ring is 1. The summed E-state index contributed by atoms with van der Waals surface area (Å²) in [6.07, 6.45) is 0. The predicted octanol–water partition coefficient (Wildman–Crippen LogP) is 3.40. The lowest BCUT2D eigenvalue weighted by Crippen LogP contribution is -2.00. The van der Waals surface area contributed by atoms with Gasteiger partial charge in [0.2, 0.25) is 5.78 Å². The first-order chi connectivity index (χ1) is 13.0. The summed E-state index contributed by atoms with van der Waals surface area (Å²) in [5.41, 5.74) is 14.2. The summed E-state index contributed by atoms with van der Waals surface area (Å²) in [7, 11) is 0. The first-order valence-electron chi connectivity index (χ1n) is 8.42. The molecule has 0 aliphatic carbocycles. The van der Waals surface area contributed by atoms with Gasteiger partial charge in [-0.2, -0.15) is 5.10 Å². The van der Waals surface area contributed by atoms with Gasteiger partial charge in [0.1, 0.15) is 5.82 Å². The summed E-state index contributed by atoms with van der Waals surface area (Å²) in [5.74, 6) is 0.605. The largest absolute Gasteiger partial charge is 0.384 e. The van der Waals surface area contributed by atoms with Gasteiger partial charge in [-0.3, -0.25) is 4.79 Å². The molecule has 6 nitrogen and oxygen atoms in total. The number of carbonyl (C=O) groups excluding carboxylic acids is 1. The van der Waals surface area contributed by atoms with Crippen molar-refractivity contribution in [1.82, 2.24) is 9.78 Å². The van der Waals surface area contributed by atoms with Gasteiger partial charge in [0.05, 0.1) is 11.4 Å². The lowest BCUT2D eigenvalue weighted by molar-refractivity contribution is -0.115. The third kappa shape index (κ3) is 8.47. The SMILES string of the molecule is Cc1cc(N)n(-c2ccccc2)n1.NCc1ccccc1.[C-]#[N+]CC(C)=O. The molecule has 0 unspecified atom stereocenters. The molecule has 2 aromatic carbocycles. The minimum absolute atomic E-state index is 0.0278. The number of carbonyl (C=O) groups is 1.